The molecule has 0 heterocycles. The highest BCUT2D eigenvalue weighted by Crippen LogP contribution is 2.21. The number of rotatable bonds is 5. The first-order valence-corrected chi connectivity index (χ1v) is 10.2. The van der Waals surface area contributed by atoms with Crippen molar-refractivity contribution in [3.8, 4) is 0 Å². The van der Waals surface area contributed by atoms with Gasteiger partial charge in [0.25, 0.3) is 5.91 Å². The Kier molecular flexibility index (Phi) is 7.37. The number of amides is 1. The van der Waals surface area contributed by atoms with Crippen molar-refractivity contribution in [2.24, 2.45) is 0 Å². The van der Waals surface area contributed by atoms with E-state index in [1.165, 1.54) is 0 Å². The highest BCUT2D eigenvalue weighted by atomic mass is 127. The Balaban J connectivity index is 2.91. The number of sulfonamides is 1. The molecule has 0 aromatic heterocycles. The highest BCUT2D eigenvalue weighted by Gasteiger charge is 2.25. The van der Waals surface area contributed by atoms with Crippen LogP contribution in [0, 0.1) is 3.57 Å². The lowest BCUT2D eigenvalue weighted by Gasteiger charge is -2.20. The number of carbonyl (C=O) groups is 1. The summed E-state index contributed by atoms with van der Waals surface area (Å²) in [6.07, 6.45) is 0.994. The maximum atomic E-state index is 12.2. The van der Waals surface area contributed by atoms with Gasteiger partial charge in [-0.25, -0.2) is 12.7 Å². The summed E-state index contributed by atoms with van der Waals surface area (Å²) in [6, 6.07) is 6.65. The van der Waals surface area contributed by atoms with Crippen molar-refractivity contribution >= 4 is 72.6 Å². The van der Waals surface area contributed by atoms with Crippen LogP contribution >= 0.6 is 46.6 Å². The summed E-state index contributed by atoms with van der Waals surface area (Å²) in [6.45, 7) is 2.19. The van der Waals surface area contributed by atoms with Crippen molar-refractivity contribution in [3.05, 3.63) is 27.8 Å². The molecule has 0 saturated carbocycles. The van der Waals surface area contributed by atoms with Gasteiger partial charge in [-0.05, 0) is 66.0 Å². The van der Waals surface area contributed by atoms with Crippen LogP contribution in [0.25, 0.3) is 0 Å². The lowest BCUT2D eigenvalue weighted by molar-refractivity contribution is -0.115. The number of halogens is 1. The Morgan fingerprint density at radius 2 is 1.95 bits per heavy atom. The molecule has 0 N–H and O–H groups in total. The van der Waals surface area contributed by atoms with E-state index >= 15 is 0 Å². The average Bonchev–Trinajstić information content (AvgIpc) is 2.38. The van der Waals surface area contributed by atoms with Crippen molar-refractivity contribution in [2.75, 3.05) is 22.9 Å². The molecule has 0 aliphatic rings. The summed E-state index contributed by atoms with van der Waals surface area (Å²) < 4.78 is 30.7. The van der Waals surface area contributed by atoms with Gasteiger partial charge in [0, 0.05) is 3.57 Å². The molecule has 1 aromatic carbocycles. The van der Waals surface area contributed by atoms with Crippen molar-refractivity contribution in [2.45, 2.75) is 6.92 Å². The molecule has 0 aliphatic carbocycles. The van der Waals surface area contributed by atoms with Crippen LogP contribution < -0.4 is 4.31 Å². The van der Waals surface area contributed by atoms with Crippen LogP contribution in [-0.4, -0.2) is 37.3 Å². The number of carbonyl (C=O) groups excluding carboxylic acids is 1. The first-order chi connectivity index (χ1) is 9.75. The molecule has 116 valence electrons. The number of hydrogen-bond acceptors (Lipinski definition) is 6. The van der Waals surface area contributed by atoms with E-state index in [9.17, 15) is 13.2 Å². The zero-order valence-corrected chi connectivity index (χ0v) is 16.0. The molecule has 0 fully saturated rings. The molecule has 1 aromatic rings. The number of thioether (sulfide) groups is 1. The minimum atomic E-state index is -3.71. The van der Waals surface area contributed by atoms with Gasteiger partial charge in [-0.3, -0.25) is 4.79 Å². The fraction of sp³-hybridized carbons (Fsp3) is 0.333. The van der Waals surface area contributed by atoms with Gasteiger partial charge in [-0.2, -0.15) is 0 Å². The van der Waals surface area contributed by atoms with Crippen molar-refractivity contribution in [1.29, 1.82) is 0 Å². The van der Waals surface area contributed by atoms with E-state index in [1.54, 1.807) is 31.2 Å². The van der Waals surface area contributed by atoms with Crippen molar-refractivity contribution in [1.82, 2.24) is 0 Å². The standard InChI is InChI=1S/C12H14INO4S3/c1-3-18-12(19)20-8-11(15)14(21(2,16)17)10-6-4-9(13)5-7-10/h4-7H,3,8H2,1-2H3. The minimum Gasteiger partial charge on any atom is -0.479 e. The molecule has 1 amide bonds. The maximum Gasteiger partial charge on any atom is 0.251 e. The topological polar surface area (TPSA) is 63.7 Å². The first kappa shape index (κ1) is 18.7. The van der Waals surface area contributed by atoms with Gasteiger partial charge < -0.3 is 4.74 Å². The molecule has 1 rings (SSSR count). The van der Waals surface area contributed by atoms with Crippen LogP contribution in [-0.2, 0) is 19.6 Å². The molecule has 0 aliphatic heterocycles. The van der Waals surface area contributed by atoms with Gasteiger partial charge in [-0.1, -0.05) is 11.8 Å². The van der Waals surface area contributed by atoms with Gasteiger partial charge in [0.2, 0.25) is 14.4 Å². The Bertz CT molecular complexity index is 616. The first-order valence-electron chi connectivity index (χ1n) is 5.84. The molecule has 0 radical (unpaired) electrons. The second-order valence-corrected chi connectivity index (χ2v) is 8.52. The van der Waals surface area contributed by atoms with Gasteiger partial charge >= 0.3 is 0 Å². The second kappa shape index (κ2) is 8.30. The summed E-state index contributed by atoms with van der Waals surface area (Å²) in [5, 5.41) is 0. The number of ether oxygens (including phenoxy) is 1. The number of benzene rings is 1. The quantitative estimate of drug-likeness (QED) is 0.499. The Hall–Kier alpha value is -0.390. The summed E-state index contributed by atoms with van der Waals surface area (Å²) in [7, 11) is -3.71. The van der Waals surface area contributed by atoms with E-state index < -0.39 is 15.9 Å². The number of hydrogen-bond donors (Lipinski definition) is 0. The normalized spacial score (nSPS) is 11.0. The zero-order valence-electron chi connectivity index (χ0n) is 11.4. The summed E-state index contributed by atoms with van der Waals surface area (Å²) in [4.78, 5) is 12.2. The highest BCUT2D eigenvalue weighted by molar-refractivity contribution is 14.1. The molecule has 0 unspecified atom stereocenters. The van der Waals surface area contributed by atoms with Crippen LogP contribution in [0.2, 0.25) is 0 Å². The van der Waals surface area contributed by atoms with E-state index in [-0.39, 0.29) is 10.1 Å². The van der Waals surface area contributed by atoms with Gasteiger partial charge in [0.1, 0.15) is 0 Å². The van der Waals surface area contributed by atoms with E-state index in [4.69, 9.17) is 17.0 Å². The molecule has 0 saturated heterocycles. The lowest BCUT2D eigenvalue weighted by Crippen LogP contribution is -2.37. The number of nitrogens with zero attached hydrogens (tertiary/aromatic N) is 1. The molecule has 0 bridgehead atoms. The Morgan fingerprint density at radius 3 is 2.43 bits per heavy atom. The van der Waals surface area contributed by atoms with Crippen LogP contribution in [0.5, 0.6) is 0 Å². The minimum absolute atomic E-state index is 0.0993. The summed E-state index contributed by atoms with van der Waals surface area (Å²) in [5.74, 6) is -0.663. The summed E-state index contributed by atoms with van der Waals surface area (Å²) >= 11 is 8.01. The molecular weight excluding hydrogens is 445 g/mol. The van der Waals surface area contributed by atoms with Crippen LogP contribution in [0.4, 0.5) is 5.69 Å². The second-order valence-electron chi connectivity index (χ2n) is 3.87. The molecular formula is C12H14INO4S3. The number of anilines is 1. The third kappa shape index (κ3) is 6.09. The predicted molar refractivity (Wildman–Crippen MR) is 98.2 cm³/mol. The predicted octanol–water partition coefficient (Wildman–Crippen LogP) is 2.64. The van der Waals surface area contributed by atoms with Gasteiger partial charge in [0.15, 0.2) is 0 Å². The van der Waals surface area contributed by atoms with Crippen LogP contribution in [0.1, 0.15) is 6.92 Å². The Morgan fingerprint density at radius 1 is 1.38 bits per heavy atom. The zero-order chi connectivity index (χ0) is 16.0. The van der Waals surface area contributed by atoms with E-state index in [0.29, 0.717) is 12.3 Å². The van der Waals surface area contributed by atoms with E-state index in [0.717, 1.165) is 25.9 Å². The lowest BCUT2D eigenvalue weighted by atomic mass is 10.3. The van der Waals surface area contributed by atoms with Gasteiger partial charge in [-0.15, -0.1) is 0 Å². The number of thiocarbonyl (C=S) groups is 1. The largest absolute Gasteiger partial charge is 0.479 e. The fourth-order valence-electron chi connectivity index (χ4n) is 1.44. The van der Waals surface area contributed by atoms with E-state index in [2.05, 4.69) is 22.6 Å². The smallest absolute Gasteiger partial charge is 0.251 e. The van der Waals surface area contributed by atoms with Crippen molar-refractivity contribution < 1.29 is 17.9 Å². The SMILES string of the molecule is CCOC(=S)SCC(=O)N(c1ccc(I)cc1)S(C)(=O)=O. The molecule has 0 spiro atoms. The monoisotopic (exact) mass is 459 g/mol. The fourth-order valence-corrected chi connectivity index (χ4v) is 3.68. The third-order valence-corrected chi connectivity index (χ3v) is 5.21. The van der Waals surface area contributed by atoms with E-state index in [1.807, 2.05) is 0 Å². The maximum absolute atomic E-state index is 12.2. The Labute approximate surface area is 147 Å². The van der Waals surface area contributed by atoms with Crippen molar-refractivity contribution in [3.63, 3.8) is 0 Å². The average molecular weight is 459 g/mol. The molecule has 0 atom stereocenters. The summed E-state index contributed by atoms with van der Waals surface area (Å²) in [5.41, 5.74) is 0.311. The third-order valence-electron chi connectivity index (χ3n) is 2.19. The van der Waals surface area contributed by atoms with Crippen LogP contribution in [0.3, 0.4) is 0 Å². The molecule has 21 heavy (non-hydrogen) atoms. The molecule has 5 nitrogen and oxygen atoms in total. The van der Waals surface area contributed by atoms with Crippen LogP contribution in [0.15, 0.2) is 24.3 Å². The van der Waals surface area contributed by atoms with Gasteiger partial charge in [0.05, 0.1) is 24.3 Å². The molecule has 9 heteroatoms.